The van der Waals surface area contributed by atoms with Gasteiger partial charge in [-0.2, -0.15) is 0 Å². The van der Waals surface area contributed by atoms with Gasteiger partial charge in [0.25, 0.3) is 0 Å². The van der Waals surface area contributed by atoms with Crippen molar-refractivity contribution in [3.05, 3.63) is 42.0 Å². The predicted molar refractivity (Wildman–Crippen MR) is 84.3 cm³/mol. The zero-order valence-electron chi connectivity index (χ0n) is 12.8. The molecule has 0 fully saturated rings. The molecule has 0 spiro atoms. The Labute approximate surface area is 130 Å². The van der Waals surface area contributed by atoms with Crippen LogP contribution in [-0.2, 0) is 16.1 Å². The van der Waals surface area contributed by atoms with Crippen LogP contribution in [0.1, 0.15) is 24.8 Å². The van der Waals surface area contributed by atoms with E-state index in [1.54, 1.807) is 7.11 Å². The molecule has 0 saturated heterocycles. The van der Waals surface area contributed by atoms with Gasteiger partial charge >= 0.3 is 0 Å². The van der Waals surface area contributed by atoms with E-state index in [2.05, 4.69) is 22.8 Å². The third kappa shape index (κ3) is 5.24. The molecule has 0 bridgehead atoms. The number of carbonyl (C=O) groups excluding carboxylic acids is 2. The van der Waals surface area contributed by atoms with Crippen molar-refractivity contribution in [3.63, 3.8) is 0 Å². The lowest BCUT2D eigenvalue weighted by Gasteiger charge is -2.09. The summed E-state index contributed by atoms with van der Waals surface area (Å²) >= 11 is 0. The molecule has 118 valence electrons. The highest BCUT2D eigenvalue weighted by Gasteiger charge is 2.14. The Hall–Kier alpha value is -2.30. The van der Waals surface area contributed by atoms with Crippen LogP contribution in [0.15, 0.2) is 36.4 Å². The molecular weight excluding hydrogens is 280 g/mol. The maximum Gasteiger partial charge on any atom is 0.239 e. The van der Waals surface area contributed by atoms with E-state index in [1.807, 2.05) is 24.3 Å². The smallest absolute Gasteiger partial charge is 0.239 e. The second kappa shape index (κ2) is 8.22. The highest BCUT2D eigenvalue weighted by atomic mass is 16.5. The van der Waals surface area contributed by atoms with E-state index < -0.39 is 0 Å². The van der Waals surface area contributed by atoms with Crippen molar-refractivity contribution >= 4 is 11.8 Å². The molecule has 1 atom stereocenters. The highest BCUT2D eigenvalue weighted by molar-refractivity contribution is 5.84. The fourth-order valence-corrected chi connectivity index (χ4v) is 2.36. The Bertz CT molecular complexity index is 537. The maximum atomic E-state index is 11.7. The first-order valence-electron chi connectivity index (χ1n) is 7.50. The summed E-state index contributed by atoms with van der Waals surface area (Å²) in [6.45, 7) is 0.454. The summed E-state index contributed by atoms with van der Waals surface area (Å²) in [5, 5.41) is 5.44. The number of rotatable bonds is 7. The molecule has 0 radical (unpaired) electrons. The zero-order chi connectivity index (χ0) is 15.8. The number of hydrogen-bond acceptors (Lipinski definition) is 3. The van der Waals surface area contributed by atoms with E-state index in [-0.39, 0.29) is 18.4 Å². The van der Waals surface area contributed by atoms with Crippen LogP contribution in [0.4, 0.5) is 0 Å². The van der Waals surface area contributed by atoms with Gasteiger partial charge in [0.15, 0.2) is 0 Å². The van der Waals surface area contributed by atoms with Crippen LogP contribution in [0.2, 0.25) is 0 Å². The van der Waals surface area contributed by atoms with Gasteiger partial charge in [-0.1, -0.05) is 24.3 Å². The van der Waals surface area contributed by atoms with E-state index in [0.717, 1.165) is 24.2 Å². The lowest BCUT2D eigenvalue weighted by Crippen LogP contribution is -2.37. The normalized spacial score (nSPS) is 16.3. The highest BCUT2D eigenvalue weighted by Crippen LogP contribution is 2.19. The average Bonchev–Trinajstić information content (AvgIpc) is 3.04. The zero-order valence-corrected chi connectivity index (χ0v) is 12.8. The molecule has 22 heavy (non-hydrogen) atoms. The number of benzene rings is 1. The quantitative estimate of drug-likeness (QED) is 0.755. The number of ether oxygens (including phenoxy) is 1. The first kappa shape index (κ1) is 16.1. The van der Waals surface area contributed by atoms with Crippen molar-refractivity contribution in [2.45, 2.75) is 25.8 Å². The van der Waals surface area contributed by atoms with Gasteiger partial charge in [0.2, 0.25) is 11.8 Å². The number of carbonyl (C=O) groups is 2. The Kier molecular flexibility index (Phi) is 6.01. The minimum atomic E-state index is -0.189. The van der Waals surface area contributed by atoms with Gasteiger partial charge < -0.3 is 15.4 Å². The summed E-state index contributed by atoms with van der Waals surface area (Å²) in [4.78, 5) is 23.4. The van der Waals surface area contributed by atoms with Crippen LogP contribution in [0.5, 0.6) is 5.75 Å². The van der Waals surface area contributed by atoms with Gasteiger partial charge in [-0.05, 0) is 36.5 Å². The first-order valence-corrected chi connectivity index (χ1v) is 7.50. The molecular formula is C17H22N2O3. The molecule has 5 heteroatoms. The minimum absolute atomic E-state index is 0.0193. The molecule has 0 aliphatic heterocycles. The molecule has 5 nitrogen and oxygen atoms in total. The SMILES string of the molecule is COc1ccc(CNC(=O)CNC(=O)CC2C=CCC2)cc1. The third-order valence-electron chi connectivity index (χ3n) is 3.65. The van der Waals surface area contributed by atoms with Crippen LogP contribution in [0.25, 0.3) is 0 Å². The number of hydrogen-bond donors (Lipinski definition) is 2. The number of allylic oxidation sites excluding steroid dienone is 2. The Morgan fingerprint density at radius 1 is 1.18 bits per heavy atom. The molecule has 0 heterocycles. The molecule has 2 N–H and O–H groups in total. The second-order valence-electron chi connectivity index (χ2n) is 5.37. The largest absolute Gasteiger partial charge is 0.497 e. The van der Waals surface area contributed by atoms with Gasteiger partial charge in [0.1, 0.15) is 5.75 Å². The van der Waals surface area contributed by atoms with Gasteiger partial charge in [0.05, 0.1) is 13.7 Å². The van der Waals surface area contributed by atoms with Crippen molar-refractivity contribution < 1.29 is 14.3 Å². The third-order valence-corrected chi connectivity index (χ3v) is 3.65. The Morgan fingerprint density at radius 2 is 1.95 bits per heavy atom. The van der Waals surface area contributed by atoms with E-state index in [9.17, 15) is 9.59 Å². The standard InChI is InChI=1S/C17H22N2O3/c1-22-15-8-6-14(7-9-15)11-18-17(21)12-19-16(20)10-13-4-2-3-5-13/h2,4,6-9,13H,3,5,10-12H2,1H3,(H,18,21)(H,19,20). The van der Waals surface area contributed by atoms with Crippen molar-refractivity contribution in [1.82, 2.24) is 10.6 Å². The van der Waals surface area contributed by atoms with Crippen LogP contribution in [-0.4, -0.2) is 25.5 Å². The van der Waals surface area contributed by atoms with Gasteiger partial charge in [-0.15, -0.1) is 0 Å². The van der Waals surface area contributed by atoms with Crippen molar-refractivity contribution in [1.29, 1.82) is 0 Å². The van der Waals surface area contributed by atoms with Crippen molar-refractivity contribution in [2.24, 2.45) is 5.92 Å². The lowest BCUT2D eigenvalue weighted by molar-refractivity contribution is -0.126. The van der Waals surface area contributed by atoms with Crippen molar-refractivity contribution in [2.75, 3.05) is 13.7 Å². The first-order chi connectivity index (χ1) is 10.7. The lowest BCUT2D eigenvalue weighted by atomic mass is 10.1. The van der Waals surface area contributed by atoms with Crippen LogP contribution in [0, 0.1) is 5.92 Å². The van der Waals surface area contributed by atoms with Gasteiger partial charge in [0, 0.05) is 13.0 Å². The molecule has 1 aliphatic carbocycles. The Morgan fingerprint density at radius 3 is 2.59 bits per heavy atom. The number of nitrogens with one attached hydrogen (secondary N) is 2. The van der Waals surface area contributed by atoms with Gasteiger partial charge in [-0.25, -0.2) is 0 Å². The molecule has 1 aliphatic rings. The van der Waals surface area contributed by atoms with Crippen LogP contribution >= 0.6 is 0 Å². The summed E-state index contributed by atoms with van der Waals surface area (Å²) < 4.78 is 5.07. The van der Waals surface area contributed by atoms with Crippen molar-refractivity contribution in [3.8, 4) is 5.75 Å². The van der Waals surface area contributed by atoms with Crippen LogP contribution < -0.4 is 15.4 Å². The van der Waals surface area contributed by atoms with E-state index in [1.165, 1.54) is 0 Å². The molecule has 0 saturated carbocycles. The Balaban J connectivity index is 1.64. The molecule has 1 aromatic rings. The summed E-state index contributed by atoms with van der Waals surface area (Å²) in [6, 6.07) is 7.48. The van der Waals surface area contributed by atoms with E-state index in [0.29, 0.717) is 18.9 Å². The number of amides is 2. The maximum absolute atomic E-state index is 11.7. The fraction of sp³-hybridized carbons (Fsp3) is 0.412. The molecule has 2 rings (SSSR count). The summed E-state index contributed by atoms with van der Waals surface area (Å²) in [6.07, 6.45) is 6.70. The predicted octanol–water partition coefficient (Wildman–Crippen LogP) is 1.78. The average molecular weight is 302 g/mol. The molecule has 0 aromatic heterocycles. The number of methoxy groups -OCH3 is 1. The summed E-state index contributed by atoms with van der Waals surface area (Å²) in [5.74, 6) is 0.841. The summed E-state index contributed by atoms with van der Waals surface area (Å²) in [7, 11) is 1.61. The monoisotopic (exact) mass is 302 g/mol. The summed E-state index contributed by atoms with van der Waals surface area (Å²) in [5.41, 5.74) is 0.983. The van der Waals surface area contributed by atoms with E-state index >= 15 is 0 Å². The molecule has 1 unspecified atom stereocenters. The van der Waals surface area contributed by atoms with E-state index in [4.69, 9.17) is 4.74 Å². The van der Waals surface area contributed by atoms with Crippen LogP contribution in [0.3, 0.4) is 0 Å². The van der Waals surface area contributed by atoms with Gasteiger partial charge in [-0.3, -0.25) is 9.59 Å². The molecule has 2 amide bonds. The minimum Gasteiger partial charge on any atom is -0.497 e. The molecule has 1 aromatic carbocycles. The topological polar surface area (TPSA) is 67.4 Å². The second-order valence-corrected chi connectivity index (χ2v) is 5.37. The fourth-order valence-electron chi connectivity index (χ4n) is 2.36.